The van der Waals surface area contributed by atoms with Crippen molar-refractivity contribution in [2.24, 2.45) is 0 Å². The Morgan fingerprint density at radius 3 is 2.84 bits per heavy atom. The minimum atomic E-state index is -0.0286. The molecule has 1 aromatic carbocycles. The van der Waals surface area contributed by atoms with E-state index in [4.69, 9.17) is 4.74 Å². The minimum absolute atomic E-state index is 0.0286. The number of hydrogen-bond acceptors (Lipinski definition) is 3. The smallest absolute Gasteiger partial charge is 0.238 e. The molecule has 0 unspecified atom stereocenters. The number of nitrogens with one attached hydrogen (secondary N) is 2. The quantitative estimate of drug-likeness (QED) is 0.674. The van der Waals surface area contributed by atoms with Gasteiger partial charge < -0.3 is 15.4 Å². The highest BCUT2D eigenvalue weighted by Crippen LogP contribution is 2.17. The van der Waals surface area contributed by atoms with Crippen molar-refractivity contribution in [3.05, 3.63) is 24.3 Å². The molecule has 1 aromatic rings. The highest BCUT2D eigenvalue weighted by molar-refractivity contribution is 5.92. The molecule has 19 heavy (non-hydrogen) atoms. The van der Waals surface area contributed by atoms with Gasteiger partial charge in [0.1, 0.15) is 5.75 Å². The van der Waals surface area contributed by atoms with E-state index >= 15 is 0 Å². The third-order valence-electron chi connectivity index (χ3n) is 2.60. The van der Waals surface area contributed by atoms with Crippen LogP contribution >= 0.6 is 0 Å². The van der Waals surface area contributed by atoms with E-state index in [1.807, 2.05) is 24.3 Å². The second-order valence-corrected chi connectivity index (χ2v) is 4.45. The van der Waals surface area contributed by atoms with Crippen molar-refractivity contribution in [3.63, 3.8) is 0 Å². The van der Waals surface area contributed by atoms with E-state index in [1.54, 1.807) is 0 Å². The number of ether oxygens (including phenoxy) is 1. The van der Waals surface area contributed by atoms with Gasteiger partial charge in [-0.2, -0.15) is 0 Å². The molecule has 106 valence electrons. The molecule has 0 atom stereocenters. The Morgan fingerprint density at radius 2 is 2.11 bits per heavy atom. The summed E-state index contributed by atoms with van der Waals surface area (Å²) in [5, 5.41) is 5.92. The summed E-state index contributed by atoms with van der Waals surface area (Å²) < 4.78 is 5.60. The van der Waals surface area contributed by atoms with E-state index in [0.717, 1.165) is 37.2 Å². The molecule has 0 radical (unpaired) electrons. The Labute approximate surface area is 115 Å². The molecule has 0 saturated heterocycles. The standard InChI is InChI=1S/C15H24N2O2/c1-3-5-10-19-14-8-6-7-13(11-14)17-15(18)12-16-9-4-2/h6-8,11,16H,3-5,9-10,12H2,1-2H3,(H,17,18). The number of rotatable bonds is 9. The molecule has 0 aliphatic rings. The maximum Gasteiger partial charge on any atom is 0.238 e. The van der Waals surface area contributed by atoms with Gasteiger partial charge in [0.2, 0.25) is 5.91 Å². The lowest BCUT2D eigenvalue weighted by atomic mass is 10.3. The molecule has 0 saturated carbocycles. The summed E-state index contributed by atoms with van der Waals surface area (Å²) >= 11 is 0. The number of benzene rings is 1. The number of unbranched alkanes of at least 4 members (excludes halogenated alkanes) is 1. The predicted molar refractivity (Wildman–Crippen MR) is 78.6 cm³/mol. The molecule has 2 N–H and O–H groups in total. The van der Waals surface area contributed by atoms with Crippen molar-refractivity contribution in [1.29, 1.82) is 0 Å². The fraction of sp³-hybridized carbons (Fsp3) is 0.533. The van der Waals surface area contributed by atoms with Crippen molar-refractivity contribution in [2.45, 2.75) is 33.1 Å². The van der Waals surface area contributed by atoms with E-state index in [0.29, 0.717) is 13.2 Å². The Balaban J connectivity index is 2.40. The van der Waals surface area contributed by atoms with E-state index < -0.39 is 0 Å². The van der Waals surface area contributed by atoms with Gasteiger partial charge in [0.15, 0.2) is 0 Å². The van der Waals surface area contributed by atoms with Gasteiger partial charge in [-0.3, -0.25) is 4.79 Å². The number of hydrogen-bond donors (Lipinski definition) is 2. The van der Waals surface area contributed by atoms with Crippen LogP contribution in [0, 0.1) is 0 Å². The van der Waals surface area contributed by atoms with Gasteiger partial charge in [-0.05, 0) is 31.5 Å². The third-order valence-corrected chi connectivity index (χ3v) is 2.60. The molecular formula is C15H24N2O2. The normalized spacial score (nSPS) is 10.2. The number of carbonyl (C=O) groups is 1. The number of carbonyl (C=O) groups excluding carboxylic acids is 1. The van der Waals surface area contributed by atoms with Gasteiger partial charge in [-0.15, -0.1) is 0 Å². The maximum atomic E-state index is 11.6. The summed E-state index contributed by atoms with van der Waals surface area (Å²) in [5.74, 6) is 0.770. The fourth-order valence-electron chi connectivity index (χ4n) is 1.58. The van der Waals surface area contributed by atoms with E-state index in [2.05, 4.69) is 24.5 Å². The molecule has 0 aliphatic heterocycles. The van der Waals surface area contributed by atoms with Gasteiger partial charge in [0.05, 0.1) is 13.2 Å². The van der Waals surface area contributed by atoms with Gasteiger partial charge in [0.25, 0.3) is 0 Å². The first-order chi connectivity index (χ1) is 9.26. The first kappa shape index (κ1) is 15.5. The van der Waals surface area contributed by atoms with Crippen LogP contribution in [0.25, 0.3) is 0 Å². The van der Waals surface area contributed by atoms with Crippen molar-refractivity contribution < 1.29 is 9.53 Å². The lowest BCUT2D eigenvalue weighted by molar-refractivity contribution is -0.115. The third kappa shape index (κ3) is 6.82. The SMILES string of the molecule is CCCCOc1cccc(NC(=O)CNCCC)c1. The molecule has 1 rings (SSSR count). The van der Waals surface area contributed by atoms with E-state index in [9.17, 15) is 4.79 Å². The minimum Gasteiger partial charge on any atom is -0.494 e. The predicted octanol–water partition coefficient (Wildman–Crippen LogP) is 2.80. The van der Waals surface area contributed by atoms with E-state index in [-0.39, 0.29) is 5.91 Å². The zero-order chi connectivity index (χ0) is 13.9. The number of amides is 1. The highest BCUT2D eigenvalue weighted by atomic mass is 16.5. The van der Waals surface area contributed by atoms with Crippen LogP contribution in [0.3, 0.4) is 0 Å². The van der Waals surface area contributed by atoms with Gasteiger partial charge in [-0.25, -0.2) is 0 Å². The Morgan fingerprint density at radius 1 is 1.26 bits per heavy atom. The molecular weight excluding hydrogens is 240 g/mol. The molecule has 0 aliphatic carbocycles. The summed E-state index contributed by atoms with van der Waals surface area (Å²) in [5.41, 5.74) is 0.775. The Kier molecular flexibility index (Phi) is 7.66. The summed E-state index contributed by atoms with van der Waals surface area (Å²) in [7, 11) is 0. The zero-order valence-corrected chi connectivity index (χ0v) is 11.9. The Bertz CT molecular complexity index is 380. The zero-order valence-electron chi connectivity index (χ0n) is 11.9. The molecule has 0 spiro atoms. The van der Waals surface area contributed by atoms with Gasteiger partial charge in [0, 0.05) is 11.8 Å². The fourth-order valence-corrected chi connectivity index (χ4v) is 1.58. The first-order valence-corrected chi connectivity index (χ1v) is 6.99. The van der Waals surface area contributed by atoms with Crippen LogP contribution in [0.15, 0.2) is 24.3 Å². The monoisotopic (exact) mass is 264 g/mol. The summed E-state index contributed by atoms with van der Waals surface area (Å²) in [4.78, 5) is 11.6. The van der Waals surface area contributed by atoms with Crippen molar-refractivity contribution in [1.82, 2.24) is 5.32 Å². The average Bonchev–Trinajstić information content (AvgIpc) is 2.40. The highest BCUT2D eigenvalue weighted by Gasteiger charge is 2.02. The van der Waals surface area contributed by atoms with Crippen molar-refractivity contribution in [2.75, 3.05) is 25.0 Å². The summed E-state index contributed by atoms with van der Waals surface area (Å²) in [6.07, 6.45) is 3.17. The maximum absolute atomic E-state index is 11.6. The van der Waals surface area contributed by atoms with Crippen LogP contribution in [-0.4, -0.2) is 25.6 Å². The van der Waals surface area contributed by atoms with Crippen LogP contribution in [0.1, 0.15) is 33.1 Å². The lowest BCUT2D eigenvalue weighted by Gasteiger charge is -2.09. The largest absolute Gasteiger partial charge is 0.494 e. The molecule has 0 bridgehead atoms. The van der Waals surface area contributed by atoms with Crippen LogP contribution in [0.2, 0.25) is 0 Å². The lowest BCUT2D eigenvalue weighted by Crippen LogP contribution is -2.28. The van der Waals surface area contributed by atoms with Crippen LogP contribution in [0.4, 0.5) is 5.69 Å². The van der Waals surface area contributed by atoms with Crippen molar-refractivity contribution in [3.8, 4) is 5.75 Å². The number of anilines is 1. The molecule has 0 heterocycles. The van der Waals surface area contributed by atoms with Crippen molar-refractivity contribution >= 4 is 11.6 Å². The molecule has 1 amide bonds. The molecule has 4 nitrogen and oxygen atoms in total. The van der Waals surface area contributed by atoms with Gasteiger partial charge >= 0.3 is 0 Å². The first-order valence-electron chi connectivity index (χ1n) is 6.99. The average molecular weight is 264 g/mol. The van der Waals surface area contributed by atoms with E-state index in [1.165, 1.54) is 0 Å². The Hall–Kier alpha value is -1.55. The van der Waals surface area contributed by atoms with Crippen LogP contribution in [0.5, 0.6) is 5.75 Å². The topological polar surface area (TPSA) is 50.4 Å². The molecule has 0 aromatic heterocycles. The van der Waals surface area contributed by atoms with Crippen LogP contribution < -0.4 is 15.4 Å². The van der Waals surface area contributed by atoms with Crippen LogP contribution in [-0.2, 0) is 4.79 Å². The summed E-state index contributed by atoms with van der Waals surface area (Å²) in [6, 6.07) is 7.51. The summed E-state index contributed by atoms with van der Waals surface area (Å²) in [6.45, 7) is 6.11. The molecule has 0 fully saturated rings. The van der Waals surface area contributed by atoms with Gasteiger partial charge in [-0.1, -0.05) is 26.3 Å². The second-order valence-electron chi connectivity index (χ2n) is 4.45. The molecule has 4 heteroatoms. The second kappa shape index (κ2) is 9.39.